The number of rotatable bonds is 2. The van der Waals surface area contributed by atoms with Crippen LogP contribution in [0.4, 0.5) is 0 Å². The summed E-state index contributed by atoms with van der Waals surface area (Å²) in [7, 11) is 0. The third-order valence-corrected chi connectivity index (χ3v) is 4.61. The molecule has 0 radical (unpaired) electrons. The lowest BCUT2D eigenvalue weighted by Crippen LogP contribution is -2.19. The van der Waals surface area contributed by atoms with Crippen molar-refractivity contribution in [3.05, 3.63) is 63.4 Å². The fraction of sp³-hybridized carbons (Fsp3) is 0.267. The molecular formula is C15H14Cl2N2. The van der Waals surface area contributed by atoms with Gasteiger partial charge >= 0.3 is 0 Å². The number of pyridine rings is 1. The number of benzene rings is 1. The number of aromatic nitrogens is 1. The van der Waals surface area contributed by atoms with Crippen molar-refractivity contribution < 1.29 is 0 Å². The van der Waals surface area contributed by atoms with E-state index < -0.39 is 0 Å². The molecule has 0 bridgehead atoms. The van der Waals surface area contributed by atoms with Gasteiger partial charge in [0.15, 0.2) is 0 Å². The van der Waals surface area contributed by atoms with Crippen molar-refractivity contribution in [2.24, 2.45) is 5.73 Å². The van der Waals surface area contributed by atoms with E-state index in [2.05, 4.69) is 11.1 Å². The molecule has 0 amide bonds. The highest BCUT2D eigenvalue weighted by Gasteiger charge is 2.30. The fourth-order valence-electron chi connectivity index (χ4n) is 2.79. The molecule has 1 heterocycles. The van der Waals surface area contributed by atoms with Gasteiger partial charge in [0.2, 0.25) is 0 Å². The minimum Gasteiger partial charge on any atom is -0.323 e. The van der Waals surface area contributed by atoms with Crippen LogP contribution in [-0.2, 0) is 6.42 Å². The van der Waals surface area contributed by atoms with Crippen LogP contribution >= 0.6 is 23.2 Å². The standard InChI is InChI=1S/C15H14Cl2N2/c16-12-5-1-4-10(13(12)17)14(18)11-7-6-9-3-2-8-19-15(9)11/h1-5,8,11,14H,6-7,18H2. The van der Waals surface area contributed by atoms with Gasteiger partial charge in [-0.05, 0) is 36.1 Å². The van der Waals surface area contributed by atoms with Gasteiger partial charge in [-0.15, -0.1) is 0 Å². The molecule has 2 nitrogen and oxygen atoms in total. The number of nitrogens with two attached hydrogens (primary N) is 1. The van der Waals surface area contributed by atoms with E-state index in [1.54, 1.807) is 6.07 Å². The first-order valence-corrected chi connectivity index (χ1v) is 7.07. The average Bonchev–Trinajstić information content (AvgIpc) is 2.85. The third kappa shape index (κ3) is 2.25. The van der Waals surface area contributed by atoms with E-state index in [4.69, 9.17) is 28.9 Å². The Labute approximate surface area is 122 Å². The molecule has 1 aliphatic carbocycles. The van der Waals surface area contributed by atoms with Crippen molar-refractivity contribution in [1.82, 2.24) is 4.98 Å². The molecule has 2 N–H and O–H groups in total. The molecule has 1 aromatic heterocycles. The molecule has 3 rings (SSSR count). The van der Waals surface area contributed by atoms with Crippen molar-refractivity contribution in [2.45, 2.75) is 24.8 Å². The summed E-state index contributed by atoms with van der Waals surface area (Å²) in [6, 6.07) is 9.54. The third-order valence-electron chi connectivity index (χ3n) is 3.78. The predicted octanol–water partition coefficient (Wildman–Crippen LogP) is 4.12. The van der Waals surface area contributed by atoms with E-state index in [0.717, 1.165) is 24.1 Å². The lowest BCUT2D eigenvalue weighted by molar-refractivity contribution is 0.541. The number of hydrogen-bond donors (Lipinski definition) is 1. The summed E-state index contributed by atoms with van der Waals surface area (Å²) < 4.78 is 0. The van der Waals surface area contributed by atoms with Gasteiger partial charge in [-0.25, -0.2) is 0 Å². The second-order valence-corrected chi connectivity index (χ2v) is 5.65. The zero-order chi connectivity index (χ0) is 13.4. The van der Waals surface area contributed by atoms with Crippen LogP contribution in [0, 0.1) is 0 Å². The number of fused-ring (bicyclic) bond motifs is 1. The summed E-state index contributed by atoms with van der Waals surface area (Å²) >= 11 is 12.3. The summed E-state index contributed by atoms with van der Waals surface area (Å²) in [5, 5.41) is 1.11. The Morgan fingerprint density at radius 1 is 1.21 bits per heavy atom. The van der Waals surface area contributed by atoms with Gasteiger partial charge < -0.3 is 5.73 Å². The molecule has 1 aromatic carbocycles. The van der Waals surface area contributed by atoms with E-state index >= 15 is 0 Å². The lowest BCUT2D eigenvalue weighted by Gasteiger charge is -2.21. The van der Waals surface area contributed by atoms with E-state index in [-0.39, 0.29) is 12.0 Å². The molecule has 0 fully saturated rings. The zero-order valence-corrected chi connectivity index (χ0v) is 11.8. The highest BCUT2D eigenvalue weighted by Crippen LogP contribution is 2.41. The number of aryl methyl sites for hydroxylation is 1. The van der Waals surface area contributed by atoms with E-state index in [9.17, 15) is 0 Å². The van der Waals surface area contributed by atoms with Crippen LogP contribution in [0.1, 0.15) is 35.2 Å². The Morgan fingerprint density at radius 2 is 2.05 bits per heavy atom. The molecule has 19 heavy (non-hydrogen) atoms. The molecule has 1 aliphatic rings. The molecule has 0 saturated heterocycles. The summed E-state index contributed by atoms with van der Waals surface area (Å²) in [5.74, 6) is 0.215. The van der Waals surface area contributed by atoms with Crippen molar-refractivity contribution in [3.63, 3.8) is 0 Å². The minimum atomic E-state index is -0.164. The van der Waals surface area contributed by atoms with Gasteiger partial charge in [-0.2, -0.15) is 0 Å². The van der Waals surface area contributed by atoms with E-state index in [1.807, 2.05) is 24.4 Å². The van der Waals surface area contributed by atoms with Crippen molar-refractivity contribution >= 4 is 23.2 Å². The quantitative estimate of drug-likeness (QED) is 0.904. The first-order chi connectivity index (χ1) is 9.18. The Balaban J connectivity index is 1.98. The topological polar surface area (TPSA) is 38.9 Å². The van der Waals surface area contributed by atoms with Gasteiger partial charge in [0, 0.05) is 23.9 Å². The maximum atomic E-state index is 6.40. The normalized spacial score (nSPS) is 19.2. The van der Waals surface area contributed by atoms with Crippen molar-refractivity contribution in [1.29, 1.82) is 0 Å². The molecule has 0 aliphatic heterocycles. The molecule has 0 spiro atoms. The molecule has 0 saturated carbocycles. The smallest absolute Gasteiger partial charge is 0.0640 e. The second kappa shape index (κ2) is 5.12. The van der Waals surface area contributed by atoms with Gasteiger partial charge in [0.1, 0.15) is 0 Å². The fourth-order valence-corrected chi connectivity index (χ4v) is 3.22. The lowest BCUT2D eigenvalue weighted by atomic mass is 9.91. The monoisotopic (exact) mass is 292 g/mol. The Bertz CT molecular complexity index is 613. The van der Waals surface area contributed by atoms with Gasteiger partial charge in [-0.3, -0.25) is 4.98 Å². The highest BCUT2D eigenvalue weighted by atomic mass is 35.5. The van der Waals surface area contributed by atoms with Crippen molar-refractivity contribution in [2.75, 3.05) is 0 Å². The minimum absolute atomic E-state index is 0.164. The first-order valence-electron chi connectivity index (χ1n) is 6.31. The number of halogens is 2. The Kier molecular flexibility index (Phi) is 3.48. The predicted molar refractivity (Wildman–Crippen MR) is 78.7 cm³/mol. The zero-order valence-electron chi connectivity index (χ0n) is 10.3. The average molecular weight is 293 g/mol. The largest absolute Gasteiger partial charge is 0.323 e. The Hall–Kier alpha value is -1.09. The van der Waals surface area contributed by atoms with Crippen LogP contribution in [-0.4, -0.2) is 4.98 Å². The maximum absolute atomic E-state index is 6.40. The molecular weight excluding hydrogens is 279 g/mol. The summed E-state index contributed by atoms with van der Waals surface area (Å²) in [6.45, 7) is 0. The Morgan fingerprint density at radius 3 is 2.89 bits per heavy atom. The highest BCUT2D eigenvalue weighted by molar-refractivity contribution is 6.42. The molecule has 2 aromatic rings. The number of hydrogen-bond acceptors (Lipinski definition) is 2. The van der Waals surface area contributed by atoms with Crippen molar-refractivity contribution in [3.8, 4) is 0 Å². The second-order valence-electron chi connectivity index (χ2n) is 4.86. The summed E-state index contributed by atoms with van der Waals surface area (Å²) in [6.07, 6.45) is 3.86. The van der Waals surface area contributed by atoms with Crippen LogP contribution in [0.3, 0.4) is 0 Å². The SMILES string of the molecule is NC(c1cccc(Cl)c1Cl)C1CCc2cccnc21. The van der Waals surface area contributed by atoms with Crippen LogP contribution in [0.15, 0.2) is 36.5 Å². The van der Waals surface area contributed by atoms with Crippen LogP contribution < -0.4 is 5.73 Å². The maximum Gasteiger partial charge on any atom is 0.0640 e. The van der Waals surface area contributed by atoms with Gasteiger partial charge in [-0.1, -0.05) is 41.4 Å². The molecule has 2 unspecified atom stereocenters. The van der Waals surface area contributed by atoms with E-state index in [0.29, 0.717) is 10.0 Å². The van der Waals surface area contributed by atoms with Gasteiger partial charge in [0.25, 0.3) is 0 Å². The molecule has 98 valence electrons. The number of nitrogens with zero attached hydrogens (tertiary/aromatic N) is 1. The van der Waals surface area contributed by atoms with Gasteiger partial charge in [0.05, 0.1) is 10.0 Å². The van der Waals surface area contributed by atoms with Crippen LogP contribution in [0.5, 0.6) is 0 Å². The van der Waals surface area contributed by atoms with Crippen LogP contribution in [0.25, 0.3) is 0 Å². The van der Waals surface area contributed by atoms with E-state index in [1.165, 1.54) is 5.56 Å². The van der Waals surface area contributed by atoms with Crippen LogP contribution in [0.2, 0.25) is 10.0 Å². The summed E-state index contributed by atoms with van der Waals surface area (Å²) in [5.41, 5.74) is 9.70. The molecule has 4 heteroatoms. The first kappa shape index (κ1) is 12.9. The summed E-state index contributed by atoms with van der Waals surface area (Å²) in [4.78, 5) is 4.48. The molecule has 2 atom stereocenters.